The highest BCUT2D eigenvalue weighted by Crippen LogP contribution is 2.30. The summed E-state index contributed by atoms with van der Waals surface area (Å²) < 4.78 is 65.8. The molecule has 2 aromatic carbocycles. The molecule has 0 amide bonds. The van der Waals surface area contributed by atoms with E-state index >= 15 is 0 Å². The SMILES string of the molecule is CCOC(=O)c1ncn2c(NCc3cc(OC)c(F)cc3F)ncc(-c3ccc(S(=O)(=O)N(C)C)cc3)c12. The van der Waals surface area contributed by atoms with Crippen molar-refractivity contribution in [1.82, 2.24) is 18.7 Å². The molecule has 0 bridgehead atoms. The van der Waals surface area contributed by atoms with Crippen LogP contribution in [0.5, 0.6) is 5.75 Å². The third-order valence-electron chi connectivity index (χ3n) is 5.74. The number of benzene rings is 2. The third kappa shape index (κ3) is 5.02. The number of fused-ring (bicyclic) bond motifs is 1. The second-order valence-electron chi connectivity index (χ2n) is 8.27. The molecule has 0 radical (unpaired) electrons. The Morgan fingerprint density at radius 2 is 1.82 bits per heavy atom. The zero-order valence-electron chi connectivity index (χ0n) is 21.0. The maximum Gasteiger partial charge on any atom is 0.359 e. The van der Waals surface area contributed by atoms with E-state index in [1.54, 1.807) is 19.1 Å². The standard InChI is InChI=1S/C25H25F2N5O5S/c1-5-37-24(33)22-23-18(15-6-8-17(9-7-15)38(34,35)31(2)3)13-29-25(32(23)14-30-22)28-12-16-10-21(36-4)20(27)11-19(16)26/h6-11,13-14H,5,12H2,1-4H3,(H,28,29). The number of ether oxygens (including phenoxy) is 2. The average Bonchev–Trinajstić information content (AvgIpc) is 3.34. The van der Waals surface area contributed by atoms with Crippen molar-refractivity contribution in [1.29, 1.82) is 0 Å². The van der Waals surface area contributed by atoms with Gasteiger partial charge in [-0.1, -0.05) is 12.1 Å². The lowest BCUT2D eigenvalue weighted by Crippen LogP contribution is -2.22. The van der Waals surface area contributed by atoms with E-state index in [2.05, 4.69) is 15.3 Å². The number of carbonyl (C=O) groups excluding carboxylic acids is 1. The van der Waals surface area contributed by atoms with Crippen LogP contribution in [0.3, 0.4) is 0 Å². The average molecular weight is 546 g/mol. The maximum atomic E-state index is 14.3. The topological polar surface area (TPSA) is 115 Å². The van der Waals surface area contributed by atoms with Gasteiger partial charge in [-0.15, -0.1) is 0 Å². The van der Waals surface area contributed by atoms with Gasteiger partial charge in [0.05, 0.1) is 24.1 Å². The Bertz CT molecular complexity index is 1600. The van der Waals surface area contributed by atoms with Gasteiger partial charge in [-0.05, 0) is 30.7 Å². The number of sulfonamides is 1. The lowest BCUT2D eigenvalue weighted by Gasteiger charge is -2.14. The number of nitrogens with one attached hydrogen (secondary N) is 1. The van der Waals surface area contributed by atoms with Crippen LogP contribution in [0.2, 0.25) is 0 Å². The molecule has 0 aliphatic heterocycles. The fourth-order valence-electron chi connectivity index (χ4n) is 3.76. The highest BCUT2D eigenvalue weighted by Gasteiger charge is 2.22. The lowest BCUT2D eigenvalue weighted by atomic mass is 10.1. The predicted octanol–water partition coefficient (Wildman–Crippen LogP) is 3.72. The normalized spacial score (nSPS) is 11.7. The molecule has 0 aliphatic rings. The fourth-order valence-corrected chi connectivity index (χ4v) is 4.66. The lowest BCUT2D eigenvalue weighted by molar-refractivity contribution is 0.0522. The highest BCUT2D eigenvalue weighted by molar-refractivity contribution is 7.89. The van der Waals surface area contributed by atoms with E-state index in [1.165, 1.54) is 56.3 Å². The number of hydrogen-bond donors (Lipinski definition) is 1. The van der Waals surface area contributed by atoms with Gasteiger partial charge < -0.3 is 14.8 Å². The summed E-state index contributed by atoms with van der Waals surface area (Å²) in [5.41, 5.74) is 1.56. The second-order valence-corrected chi connectivity index (χ2v) is 10.4. The number of imidazole rings is 1. The van der Waals surface area contributed by atoms with Crippen LogP contribution in [0, 0.1) is 11.6 Å². The Labute approximate surface area is 217 Å². The van der Waals surface area contributed by atoms with E-state index in [9.17, 15) is 22.0 Å². The van der Waals surface area contributed by atoms with Gasteiger partial charge in [0.1, 0.15) is 12.1 Å². The second kappa shape index (κ2) is 10.7. The molecule has 13 heteroatoms. The molecule has 2 aromatic heterocycles. The third-order valence-corrected chi connectivity index (χ3v) is 7.57. The largest absolute Gasteiger partial charge is 0.494 e. The highest BCUT2D eigenvalue weighted by atomic mass is 32.2. The fraction of sp³-hybridized carbons (Fsp3) is 0.240. The Hall–Kier alpha value is -4.10. The van der Waals surface area contributed by atoms with Crippen LogP contribution in [0.25, 0.3) is 16.6 Å². The molecule has 0 spiro atoms. The van der Waals surface area contributed by atoms with E-state index in [0.29, 0.717) is 16.6 Å². The summed E-state index contributed by atoms with van der Waals surface area (Å²) in [7, 11) is 0.522. The van der Waals surface area contributed by atoms with Crippen molar-refractivity contribution in [3.8, 4) is 16.9 Å². The van der Waals surface area contributed by atoms with Crippen LogP contribution < -0.4 is 10.1 Å². The van der Waals surface area contributed by atoms with Crippen LogP contribution in [0.4, 0.5) is 14.7 Å². The minimum absolute atomic E-state index is 0.0203. The number of aromatic nitrogens is 3. The maximum absolute atomic E-state index is 14.3. The molecule has 200 valence electrons. The first-order chi connectivity index (χ1) is 18.1. The summed E-state index contributed by atoms with van der Waals surface area (Å²) in [5, 5.41) is 2.98. The Morgan fingerprint density at radius 3 is 2.45 bits per heavy atom. The van der Waals surface area contributed by atoms with Crippen LogP contribution in [0.15, 0.2) is 53.8 Å². The number of carbonyl (C=O) groups is 1. The summed E-state index contributed by atoms with van der Waals surface area (Å²) in [6.45, 7) is 1.72. The summed E-state index contributed by atoms with van der Waals surface area (Å²) in [5.74, 6) is -2.13. The smallest absolute Gasteiger partial charge is 0.359 e. The molecular formula is C25H25F2N5O5S. The van der Waals surface area contributed by atoms with Gasteiger partial charge in [0.2, 0.25) is 16.0 Å². The Morgan fingerprint density at radius 1 is 1.11 bits per heavy atom. The minimum Gasteiger partial charge on any atom is -0.494 e. The molecule has 0 saturated heterocycles. The van der Waals surface area contributed by atoms with Crippen LogP contribution in [0.1, 0.15) is 23.0 Å². The number of esters is 1. The van der Waals surface area contributed by atoms with Crippen molar-refractivity contribution in [3.05, 3.63) is 71.8 Å². The Balaban J connectivity index is 1.77. The van der Waals surface area contributed by atoms with Crippen LogP contribution in [-0.2, 0) is 21.3 Å². The van der Waals surface area contributed by atoms with Crippen molar-refractivity contribution in [3.63, 3.8) is 0 Å². The van der Waals surface area contributed by atoms with Gasteiger partial charge in [-0.25, -0.2) is 36.3 Å². The molecule has 0 saturated carbocycles. The first kappa shape index (κ1) is 26.9. The number of methoxy groups -OCH3 is 1. The monoisotopic (exact) mass is 545 g/mol. The molecule has 0 unspecified atom stereocenters. The summed E-state index contributed by atoms with van der Waals surface area (Å²) >= 11 is 0. The van der Waals surface area contributed by atoms with E-state index in [0.717, 1.165) is 10.4 Å². The first-order valence-corrected chi connectivity index (χ1v) is 12.8. The number of halogens is 2. The zero-order valence-corrected chi connectivity index (χ0v) is 21.8. The molecule has 1 N–H and O–H groups in total. The summed E-state index contributed by atoms with van der Waals surface area (Å²) in [6.07, 6.45) is 2.85. The van der Waals surface area contributed by atoms with Crippen molar-refractivity contribution in [2.75, 3.05) is 33.1 Å². The van der Waals surface area contributed by atoms with Gasteiger partial charge in [0.25, 0.3) is 0 Å². The first-order valence-electron chi connectivity index (χ1n) is 11.4. The van der Waals surface area contributed by atoms with E-state index in [1.807, 2.05) is 0 Å². The van der Waals surface area contributed by atoms with Gasteiger partial charge in [-0.3, -0.25) is 4.40 Å². The molecule has 4 aromatic rings. The molecule has 10 nitrogen and oxygen atoms in total. The number of anilines is 1. The van der Waals surface area contributed by atoms with Crippen molar-refractivity contribution in [2.45, 2.75) is 18.4 Å². The van der Waals surface area contributed by atoms with E-state index in [4.69, 9.17) is 9.47 Å². The molecule has 0 aliphatic carbocycles. The molecule has 38 heavy (non-hydrogen) atoms. The quantitative estimate of drug-likeness (QED) is 0.317. The summed E-state index contributed by atoms with van der Waals surface area (Å²) in [6, 6.07) is 8.09. The molecule has 0 atom stereocenters. The molecule has 2 heterocycles. The van der Waals surface area contributed by atoms with E-state index in [-0.39, 0.29) is 41.0 Å². The molecular weight excluding hydrogens is 520 g/mol. The van der Waals surface area contributed by atoms with Crippen molar-refractivity contribution in [2.24, 2.45) is 0 Å². The van der Waals surface area contributed by atoms with Crippen LogP contribution >= 0.6 is 0 Å². The molecule has 0 fully saturated rings. The van der Waals surface area contributed by atoms with Crippen molar-refractivity contribution < 1.29 is 31.5 Å². The Kier molecular flexibility index (Phi) is 7.60. The van der Waals surface area contributed by atoms with Gasteiger partial charge >= 0.3 is 5.97 Å². The number of hydrogen-bond acceptors (Lipinski definition) is 8. The van der Waals surface area contributed by atoms with Gasteiger partial charge in [0.15, 0.2) is 17.3 Å². The molecule has 4 rings (SSSR count). The van der Waals surface area contributed by atoms with Gasteiger partial charge in [0, 0.05) is 44.0 Å². The predicted molar refractivity (Wildman–Crippen MR) is 135 cm³/mol. The minimum atomic E-state index is -3.64. The summed E-state index contributed by atoms with van der Waals surface area (Å²) in [4.78, 5) is 21.4. The number of nitrogens with zero attached hydrogens (tertiary/aromatic N) is 4. The van der Waals surface area contributed by atoms with Gasteiger partial charge in [-0.2, -0.15) is 0 Å². The van der Waals surface area contributed by atoms with Crippen molar-refractivity contribution >= 4 is 27.5 Å². The zero-order chi connectivity index (χ0) is 27.6. The number of rotatable bonds is 9. The van der Waals surface area contributed by atoms with Crippen LogP contribution in [-0.4, -0.2) is 60.9 Å². The van der Waals surface area contributed by atoms with E-state index < -0.39 is 27.6 Å².